The van der Waals surface area contributed by atoms with Gasteiger partial charge < -0.3 is 9.84 Å². The van der Waals surface area contributed by atoms with Crippen molar-refractivity contribution in [3.05, 3.63) is 87.9 Å². The average molecular weight is 712 g/mol. The smallest absolute Gasteiger partial charge is 0.275 e. The lowest BCUT2D eigenvalue weighted by Gasteiger charge is -2.11. The van der Waals surface area contributed by atoms with Crippen LogP contribution in [-0.2, 0) is 6.61 Å². The van der Waals surface area contributed by atoms with E-state index in [0.717, 1.165) is 24.0 Å². The van der Waals surface area contributed by atoms with Gasteiger partial charge in [-0.3, -0.25) is 4.79 Å². The Labute approximate surface area is 214 Å². The Kier molecular flexibility index (Phi) is 8.37. The van der Waals surface area contributed by atoms with Crippen molar-refractivity contribution in [1.82, 2.24) is 5.43 Å². The number of nitrogens with one attached hydrogen (secondary N) is 1. The van der Waals surface area contributed by atoms with Crippen LogP contribution in [0.4, 0.5) is 0 Å². The van der Waals surface area contributed by atoms with Crippen molar-refractivity contribution < 1.29 is 14.6 Å². The molecule has 0 aromatic heterocycles. The molecule has 0 heterocycles. The predicted molar refractivity (Wildman–Crippen MR) is 139 cm³/mol. The summed E-state index contributed by atoms with van der Waals surface area (Å²) in [5.41, 5.74) is 4.39. The molecule has 1 amide bonds. The summed E-state index contributed by atoms with van der Waals surface area (Å²) in [4.78, 5) is 12.2. The van der Waals surface area contributed by atoms with Gasteiger partial charge in [0.1, 0.15) is 18.1 Å². The van der Waals surface area contributed by atoms with Crippen LogP contribution in [0.1, 0.15) is 21.5 Å². The van der Waals surface area contributed by atoms with Crippen molar-refractivity contribution in [2.45, 2.75) is 6.61 Å². The van der Waals surface area contributed by atoms with Gasteiger partial charge in [-0.05, 0) is 98.8 Å². The van der Waals surface area contributed by atoms with Gasteiger partial charge in [-0.25, -0.2) is 5.43 Å². The van der Waals surface area contributed by atoms with Crippen LogP contribution in [0.2, 0.25) is 5.02 Å². The third kappa shape index (κ3) is 6.32. The van der Waals surface area contributed by atoms with E-state index in [1.54, 1.807) is 12.3 Å². The van der Waals surface area contributed by atoms with Crippen LogP contribution in [-0.4, -0.2) is 17.2 Å². The topological polar surface area (TPSA) is 70.9 Å². The first kappa shape index (κ1) is 23.3. The molecule has 0 fully saturated rings. The lowest BCUT2D eigenvalue weighted by atomic mass is 10.2. The molecule has 0 saturated heterocycles. The van der Waals surface area contributed by atoms with Crippen molar-refractivity contribution in [3.63, 3.8) is 0 Å². The van der Waals surface area contributed by atoms with Crippen LogP contribution in [0.15, 0.2) is 64.2 Å². The lowest BCUT2D eigenvalue weighted by molar-refractivity contribution is 0.0952. The van der Waals surface area contributed by atoms with Crippen LogP contribution in [0, 0.1) is 7.14 Å². The number of phenols is 1. The molecule has 9 heteroatoms. The summed E-state index contributed by atoms with van der Waals surface area (Å²) in [5.74, 6) is 0.168. The second-order valence-corrected chi connectivity index (χ2v) is 9.77. The molecule has 30 heavy (non-hydrogen) atoms. The maximum Gasteiger partial charge on any atom is 0.275 e. The quantitative estimate of drug-likeness (QED) is 0.178. The number of hydrogen-bond donors (Lipinski definition) is 2. The molecule has 0 unspecified atom stereocenters. The minimum Gasteiger partial charge on any atom is -0.507 e. The molecule has 154 valence electrons. The number of carbonyl (C=O) groups excluding carboxylic acids is 1. The van der Waals surface area contributed by atoms with E-state index in [-0.39, 0.29) is 11.3 Å². The maximum absolute atomic E-state index is 12.2. The van der Waals surface area contributed by atoms with Gasteiger partial charge in [0.2, 0.25) is 0 Å². The summed E-state index contributed by atoms with van der Waals surface area (Å²) in [6.07, 6.45) is 1.54. The first-order chi connectivity index (χ1) is 14.3. The zero-order valence-corrected chi connectivity index (χ0v) is 21.9. The fraction of sp³-hybridized carbons (Fsp3) is 0.0476. The normalized spacial score (nSPS) is 10.9. The standard InChI is InChI=1S/C21H14BrClI2N2O3/c22-14-3-6-19(28)16(9-14)21(29)27-26-10-13-7-17(24)20(18(25)8-13)30-11-12-1-4-15(23)5-2-12/h1-10,28H,11H2,(H,27,29)/b26-10-. The second-order valence-electron chi connectivity index (χ2n) is 6.09. The van der Waals surface area contributed by atoms with E-state index >= 15 is 0 Å². The second kappa shape index (κ2) is 10.8. The molecule has 3 rings (SSSR count). The van der Waals surface area contributed by atoms with E-state index in [9.17, 15) is 9.90 Å². The summed E-state index contributed by atoms with van der Waals surface area (Å²) < 4.78 is 8.50. The predicted octanol–water partition coefficient (Wildman–Crippen LogP) is 6.36. The number of halogens is 4. The lowest BCUT2D eigenvalue weighted by Crippen LogP contribution is -2.17. The van der Waals surface area contributed by atoms with Gasteiger partial charge >= 0.3 is 0 Å². The molecule has 0 aliphatic carbocycles. The summed E-state index contributed by atoms with van der Waals surface area (Å²) >= 11 is 13.6. The minimum absolute atomic E-state index is 0.114. The Bertz CT molecular complexity index is 1080. The van der Waals surface area contributed by atoms with Crippen molar-refractivity contribution in [2.75, 3.05) is 0 Å². The number of amides is 1. The van der Waals surface area contributed by atoms with Gasteiger partial charge in [-0.15, -0.1) is 0 Å². The molecule has 5 nitrogen and oxygen atoms in total. The highest BCUT2D eigenvalue weighted by atomic mass is 127. The number of hydrazone groups is 1. The van der Waals surface area contributed by atoms with Crippen LogP contribution in [0.3, 0.4) is 0 Å². The number of ether oxygens (including phenoxy) is 1. The van der Waals surface area contributed by atoms with E-state index in [1.807, 2.05) is 36.4 Å². The molecule has 0 atom stereocenters. The number of carbonyl (C=O) groups is 1. The summed E-state index contributed by atoms with van der Waals surface area (Å²) in [5, 5.41) is 14.5. The maximum atomic E-state index is 12.2. The molecule has 3 aromatic rings. The third-order valence-corrected chi connectivity index (χ3v) is 6.25. The summed E-state index contributed by atoms with van der Waals surface area (Å²) in [6.45, 7) is 0.433. The number of aromatic hydroxyl groups is 1. The first-order valence-corrected chi connectivity index (χ1v) is 11.8. The molecule has 0 saturated carbocycles. The highest BCUT2D eigenvalue weighted by molar-refractivity contribution is 14.1. The number of hydrogen-bond acceptors (Lipinski definition) is 4. The van der Waals surface area contributed by atoms with Gasteiger partial charge in [0.15, 0.2) is 0 Å². The van der Waals surface area contributed by atoms with Gasteiger partial charge in [0.05, 0.1) is 18.9 Å². The van der Waals surface area contributed by atoms with Crippen LogP contribution < -0.4 is 10.2 Å². The summed E-state index contributed by atoms with van der Waals surface area (Å²) in [6, 6.07) is 15.9. The van der Waals surface area contributed by atoms with E-state index in [4.69, 9.17) is 16.3 Å². The molecular formula is C21H14BrClI2N2O3. The molecule has 0 spiro atoms. The van der Waals surface area contributed by atoms with Gasteiger partial charge in [-0.2, -0.15) is 5.10 Å². The fourth-order valence-corrected chi connectivity index (χ4v) is 5.06. The number of rotatable bonds is 6. The Morgan fingerprint density at radius 2 is 1.80 bits per heavy atom. The zero-order chi connectivity index (χ0) is 21.7. The van der Waals surface area contributed by atoms with Gasteiger partial charge in [0.25, 0.3) is 5.91 Å². The Hall–Kier alpha value is -1.37. The van der Waals surface area contributed by atoms with Crippen LogP contribution in [0.5, 0.6) is 11.5 Å². The highest BCUT2D eigenvalue weighted by Crippen LogP contribution is 2.29. The van der Waals surface area contributed by atoms with Crippen molar-refractivity contribution in [3.8, 4) is 11.5 Å². The fourth-order valence-electron chi connectivity index (χ4n) is 2.44. The first-order valence-electron chi connectivity index (χ1n) is 8.51. The molecule has 3 aromatic carbocycles. The Morgan fingerprint density at radius 3 is 2.47 bits per heavy atom. The van der Waals surface area contributed by atoms with E-state index in [0.29, 0.717) is 16.1 Å². The molecule has 0 aliphatic heterocycles. The Balaban J connectivity index is 1.66. The van der Waals surface area contributed by atoms with Crippen molar-refractivity contribution >= 4 is 84.8 Å². The number of nitrogens with zero attached hydrogens (tertiary/aromatic N) is 1. The van der Waals surface area contributed by atoms with E-state index in [1.165, 1.54) is 12.1 Å². The van der Waals surface area contributed by atoms with E-state index in [2.05, 4.69) is 71.6 Å². The van der Waals surface area contributed by atoms with Crippen molar-refractivity contribution in [2.24, 2.45) is 5.10 Å². The Morgan fingerprint density at radius 1 is 1.13 bits per heavy atom. The molecule has 0 aliphatic rings. The zero-order valence-electron chi connectivity index (χ0n) is 15.2. The average Bonchev–Trinajstić information content (AvgIpc) is 2.70. The van der Waals surface area contributed by atoms with Gasteiger partial charge in [-0.1, -0.05) is 39.7 Å². The molecule has 0 radical (unpaired) electrons. The monoisotopic (exact) mass is 710 g/mol. The largest absolute Gasteiger partial charge is 0.507 e. The molecular weight excluding hydrogens is 697 g/mol. The van der Waals surface area contributed by atoms with Crippen molar-refractivity contribution in [1.29, 1.82) is 0 Å². The minimum atomic E-state index is -0.502. The van der Waals surface area contributed by atoms with Gasteiger partial charge in [0, 0.05) is 9.50 Å². The number of phenolic OH excluding ortho intramolecular Hbond substituents is 1. The third-order valence-electron chi connectivity index (χ3n) is 3.90. The SMILES string of the molecule is O=C(N/N=C\c1cc(I)c(OCc2ccc(Cl)cc2)c(I)c1)c1cc(Br)ccc1O. The number of benzene rings is 3. The molecule has 2 N–H and O–H groups in total. The highest BCUT2D eigenvalue weighted by Gasteiger charge is 2.11. The molecule has 0 bridgehead atoms. The summed E-state index contributed by atoms with van der Waals surface area (Å²) in [7, 11) is 0. The van der Waals surface area contributed by atoms with Crippen LogP contribution >= 0.6 is 72.7 Å². The van der Waals surface area contributed by atoms with Crippen LogP contribution in [0.25, 0.3) is 0 Å². The van der Waals surface area contributed by atoms with E-state index < -0.39 is 5.91 Å².